The zero-order valence-electron chi connectivity index (χ0n) is 7.22. The molecule has 10 heavy (non-hydrogen) atoms. The van der Waals surface area contributed by atoms with Crippen molar-refractivity contribution < 1.29 is 5.11 Å². The van der Waals surface area contributed by atoms with Crippen molar-refractivity contribution in [2.24, 2.45) is 0 Å². The molecule has 0 bridgehead atoms. The van der Waals surface area contributed by atoms with Gasteiger partial charge in [0.1, 0.15) is 0 Å². The zero-order valence-corrected chi connectivity index (χ0v) is 8.22. The maximum Gasteiger partial charge on any atom is 0.0536 e. The molecule has 0 spiro atoms. The van der Waals surface area contributed by atoms with Crippen LogP contribution in [0.4, 0.5) is 0 Å². The van der Waals surface area contributed by atoms with Gasteiger partial charge in [-0.05, 0) is 19.0 Å². The monoisotopic (exact) mass is 158 g/mol. The van der Waals surface area contributed by atoms with Crippen LogP contribution in [0.2, 0.25) is 25.2 Å². The van der Waals surface area contributed by atoms with Gasteiger partial charge >= 0.3 is 0 Å². The molecule has 0 rings (SSSR count). The van der Waals surface area contributed by atoms with E-state index in [0.717, 1.165) is 12.1 Å². The lowest BCUT2D eigenvalue weighted by molar-refractivity contribution is 0.214. The van der Waals surface area contributed by atoms with E-state index in [1.54, 1.807) is 0 Å². The van der Waals surface area contributed by atoms with E-state index in [2.05, 4.69) is 19.7 Å². The normalized spacial score (nSPS) is 14.8. The van der Waals surface area contributed by atoms with Gasteiger partial charge in [-0.1, -0.05) is 19.2 Å². The Kier molecular flexibility index (Phi) is 3.90. The standard InChI is InChI=1S/C8H18OSi/c1-5-6-10(3,4)7-8(2)9/h5,8-9H,1,6-7H2,2-4H3. The Morgan fingerprint density at radius 2 is 2.10 bits per heavy atom. The van der Waals surface area contributed by atoms with Crippen molar-refractivity contribution in [3.05, 3.63) is 12.7 Å². The molecule has 0 radical (unpaired) electrons. The second-order valence-corrected chi connectivity index (χ2v) is 8.86. The largest absolute Gasteiger partial charge is 0.394 e. The first kappa shape index (κ1) is 9.92. The van der Waals surface area contributed by atoms with Crippen molar-refractivity contribution in [1.82, 2.24) is 0 Å². The van der Waals surface area contributed by atoms with Crippen LogP contribution in [-0.4, -0.2) is 19.3 Å². The van der Waals surface area contributed by atoms with Gasteiger partial charge in [0.2, 0.25) is 0 Å². The number of allylic oxidation sites excluding steroid dienone is 1. The van der Waals surface area contributed by atoms with Crippen molar-refractivity contribution in [3.63, 3.8) is 0 Å². The average Bonchev–Trinajstić information content (AvgIpc) is 1.59. The molecule has 0 aromatic carbocycles. The number of hydrogen-bond donors (Lipinski definition) is 1. The highest BCUT2D eigenvalue weighted by atomic mass is 28.3. The van der Waals surface area contributed by atoms with Crippen LogP contribution in [-0.2, 0) is 0 Å². The molecule has 60 valence electrons. The van der Waals surface area contributed by atoms with Gasteiger partial charge < -0.3 is 5.11 Å². The maximum atomic E-state index is 9.12. The molecule has 0 aliphatic heterocycles. The SMILES string of the molecule is C=CC[Si](C)(C)CC(C)O. The predicted molar refractivity (Wildman–Crippen MR) is 49.0 cm³/mol. The Labute approximate surface area is 64.8 Å². The summed E-state index contributed by atoms with van der Waals surface area (Å²) in [5, 5.41) is 9.12. The van der Waals surface area contributed by atoms with E-state index in [-0.39, 0.29) is 6.10 Å². The van der Waals surface area contributed by atoms with E-state index in [1.807, 2.05) is 13.0 Å². The zero-order chi connectivity index (χ0) is 8.20. The fourth-order valence-electron chi connectivity index (χ4n) is 1.27. The molecule has 0 heterocycles. The number of rotatable bonds is 4. The lowest BCUT2D eigenvalue weighted by Crippen LogP contribution is -2.28. The topological polar surface area (TPSA) is 20.2 Å². The van der Waals surface area contributed by atoms with Gasteiger partial charge in [0.25, 0.3) is 0 Å². The van der Waals surface area contributed by atoms with Crippen molar-refractivity contribution in [3.8, 4) is 0 Å². The predicted octanol–water partition coefficient (Wildman–Crippen LogP) is 2.26. The number of aliphatic hydroxyl groups excluding tert-OH is 1. The van der Waals surface area contributed by atoms with Gasteiger partial charge in [-0.15, -0.1) is 6.58 Å². The molecule has 0 saturated carbocycles. The Morgan fingerprint density at radius 3 is 2.40 bits per heavy atom. The van der Waals surface area contributed by atoms with Crippen LogP contribution in [0.25, 0.3) is 0 Å². The number of aliphatic hydroxyl groups is 1. The van der Waals surface area contributed by atoms with Gasteiger partial charge in [0.15, 0.2) is 0 Å². The Morgan fingerprint density at radius 1 is 1.60 bits per heavy atom. The summed E-state index contributed by atoms with van der Waals surface area (Å²) in [7, 11) is -1.13. The third kappa shape index (κ3) is 4.76. The van der Waals surface area contributed by atoms with Gasteiger partial charge in [0.05, 0.1) is 8.07 Å². The summed E-state index contributed by atoms with van der Waals surface area (Å²) in [6.45, 7) is 10.1. The van der Waals surface area contributed by atoms with Gasteiger partial charge in [-0.25, -0.2) is 0 Å². The van der Waals surface area contributed by atoms with Crippen molar-refractivity contribution in [2.75, 3.05) is 0 Å². The van der Waals surface area contributed by atoms with E-state index < -0.39 is 8.07 Å². The Balaban J connectivity index is 3.73. The third-order valence-electron chi connectivity index (χ3n) is 1.54. The molecule has 0 fully saturated rings. The highest BCUT2D eigenvalue weighted by Gasteiger charge is 2.20. The van der Waals surface area contributed by atoms with Crippen molar-refractivity contribution in [1.29, 1.82) is 0 Å². The highest BCUT2D eigenvalue weighted by Crippen LogP contribution is 2.17. The van der Waals surface area contributed by atoms with Gasteiger partial charge in [0, 0.05) is 6.10 Å². The van der Waals surface area contributed by atoms with E-state index in [9.17, 15) is 0 Å². The molecule has 0 saturated heterocycles. The summed E-state index contributed by atoms with van der Waals surface area (Å²) in [6, 6.07) is 2.09. The van der Waals surface area contributed by atoms with Crippen LogP contribution in [0.5, 0.6) is 0 Å². The summed E-state index contributed by atoms with van der Waals surface area (Å²) < 4.78 is 0. The second kappa shape index (κ2) is 3.94. The lowest BCUT2D eigenvalue weighted by Gasteiger charge is -2.21. The van der Waals surface area contributed by atoms with Crippen LogP contribution >= 0.6 is 0 Å². The van der Waals surface area contributed by atoms with Crippen LogP contribution in [0.1, 0.15) is 6.92 Å². The molecule has 1 unspecified atom stereocenters. The van der Waals surface area contributed by atoms with Crippen LogP contribution < -0.4 is 0 Å². The van der Waals surface area contributed by atoms with E-state index >= 15 is 0 Å². The molecular formula is C8H18OSi. The molecule has 1 N–H and O–H groups in total. The molecular weight excluding hydrogens is 140 g/mol. The Bertz CT molecular complexity index is 108. The first-order valence-electron chi connectivity index (χ1n) is 3.77. The minimum Gasteiger partial charge on any atom is -0.394 e. The molecule has 1 nitrogen and oxygen atoms in total. The molecule has 0 aliphatic carbocycles. The molecule has 0 aromatic rings. The summed E-state index contributed by atoms with van der Waals surface area (Å²) in [5.74, 6) is 0. The minimum atomic E-state index is -1.13. The lowest BCUT2D eigenvalue weighted by atomic mass is 10.5. The van der Waals surface area contributed by atoms with Crippen LogP contribution in [0.15, 0.2) is 12.7 Å². The summed E-state index contributed by atoms with van der Waals surface area (Å²) in [4.78, 5) is 0. The van der Waals surface area contributed by atoms with Crippen LogP contribution in [0, 0.1) is 0 Å². The summed E-state index contributed by atoms with van der Waals surface area (Å²) in [6.07, 6.45) is 1.83. The van der Waals surface area contributed by atoms with E-state index in [0.29, 0.717) is 0 Å². The first-order valence-corrected chi connectivity index (χ1v) is 7.18. The molecule has 1 atom stereocenters. The minimum absolute atomic E-state index is 0.137. The fraction of sp³-hybridized carbons (Fsp3) is 0.750. The Hall–Kier alpha value is -0.0831. The summed E-state index contributed by atoms with van der Waals surface area (Å²) in [5.41, 5.74) is 0. The molecule has 0 amide bonds. The smallest absolute Gasteiger partial charge is 0.0536 e. The quantitative estimate of drug-likeness (QED) is 0.491. The van der Waals surface area contributed by atoms with Crippen LogP contribution in [0.3, 0.4) is 0 Å². The fourth-order valence-corrected chi connectivity index (χ4v) is 3.82. The van der Waals surface area contributed by atoms with E-state index in [4.69, 9.17) is 5.11 Å². The van der Waals surface area contributed by atoms with Crippen molar-refractivity contribution in [2.45, 2.75) is 38.2 Å². The van der Waals surface area contributed by atoms with Crippen molar-refractivity contribution >= 4 is 8.07 Å². The van der Waals surface area contributed by atoms with Gasteiger partial charge in [-0.3, -0.25) is 0 Å². The molecule has 0 aromatic heterocycles. The molecule has 2 heteroatoms. The second-order valence-electron chi connectivity index (χ2n) is 3.71. The van der Waals surface area contributed by atoms with E-state index in [1.165, 1.54) is 0 Å². The number of hydrogen-bond acceptors (Lipinski definition) is 1. The highest BCUT2D eigenvalue weighted by molar-refractivity contribution is 6.77. The first-order chi connectivity index (χ1) is 4.48. The van der Waals surface area contributed by atoms with Gasteiger partial charge in [-0.2, -0.15) is 0 Å². The third-order valence-corrected chi connectivity index (χ3v) is 4.63. The average molecular weight is 158 g/mol. The molecule has 0 aliphatic rings. The maximum absolute atomic E-state index is 9.12. The summed E-state index contributed by atoms with van der Waals surface area (Å²) >= 11 is 0.